The summed E-state index contributed by atoms with van der Waals surface area (Å²) in [5.41, 5.74) is 3.23. The first-order valence-corrected chi connectivity index (χ1v) is 12.6. The number of amides is 1. The van der Waals surface area contributed by atoms with Crippen LogP contribution in [0.1, 0.15) is 15.9 Å². The molecule has 0 unspecified atom stereocenters. The molecule has 4 aromatic rings. The summed E-state index contributed by atoms with van der Waals surface area (Å²) in [4.78, 5) is 14.0. The van der Waals surface area contributed by atoms with Gasteiger partial charge in [0.05, 0.1) is 16.3 Å². The number of sulfone groups is 1. The van der Waals surface area contributed by atoms with Crippen molar-refractivity contribution in [2.24, 2.45) is 0 Å². The molecule has 0 spiro atoms. The lowest BCUT2D eigenvalue weighted by molar-refractivity contribution is 0.102. The van der Waals surface area contributed by atoms with Gasteiger partial charge in [-0.15, -0.1) is 10.2 Å². The van der Waals surface area contributed by atoms with E-state index in [9.17, 15) is 13.2 Å². The number of hydrogen-bond donors (Lipinski definition) is 1. The van der Waals surface area contributed by atoms with Crippen LogP contribution in [0.4, 0.5) is 5.69 Å². The molecule has 0 aliphatic carbocycles. The second kappa shape index (κ2) is 9.42. The molecule has 1 N–H and O–H groups in total. The molecule has 1 amide bonds. The highest BCUT2D eigenvalue weighted by Crippen LogP contribution is 2.34. The number of carbonyl (C=O) groups excluding carboxylic acids is 1. The van der Waals surface area contributed by atoms with Gasteiger partial charge in [0.15, 0.2) is 14.2 Å². The van der Waals surface area contributed by atoms with Crippen molar-refractivity contribution in [3.05, 3.63) is 95.5 Å². The highest BCUT2D eigenvalue weighted by molar-refractivity contribution is 8.01. The lowest BCUT2D eigenvalue weighted by Gasteiger charge is -2.11. The first kappa shape index (κ1) is 21.2. The van der Waals surface area contributed by atoms with Crippen molar-refractivity contribution in [3.63, 3.8) is 0 Å². The standard InChI is InChI=1S/C22H17N3O3S3/c26-21(24-19-11-4-5-12-20(19)30-22-25-23-15-29-22)17-8-6-7-16(13-17)14-31(27,28)18-9-2-1-3-10-18/h1-13,15H,14H2,(H,24,26). The normalized spacial score (nSPS) is 11.2. The Hall–Kier alpha value is -3.01. The molecule has 9 heteroatoms. The topological polar surface area (TPSA) is 89.0 Å². The highest BCUT2D eigenvalue weighted by Gasteiger charge is 2.17. The predicted molar refractivity (Wildman–Crippen MR) is 122 cm³/mol. The Balaban J connectivity index is 1.52. The van der Waals surface area contributed by atoms with Crippen molar-refractivity contribution in [2.45, 2.75) is 19.9 Å². The van der Waals surface area contributed by atoms with Gasteiger partial charge in [-0.2, -0.15) is 0 Å². The Morgan fingerprint density at radius 3 is 2.52 bits per heavy atom. The third-order valence-electron chi connectivity index (χ3n) is 4.32. The summed E-state index contributed by atoms with van der Waals surface area (Å²) in [6.45, 7) is 0. The molecule has 6 nitrogen and oxygen atoms in total. The molecule has 0 saturated heterocycles. The summed E-state index contributed by atoms with van der Waals surface area (Å²) >= 11 is 2.84. The molecule has 1 heterocycles. The third-order valence-corrected chi connectivity index (χ3v) is 7.88. The van der Waals surface area contributed by atoms with Gasteiger partial charge in [0.25, 0.3) is 5.91 Å². The predicted octanol–water partition coefficient (Wildman–Crippen LogP) is 4.92. The van der Waals surface area contributed by atoms with Crippen molar-refractivity contribution < 1.29 is 13.2 Å². The van der Waals surface area contributed by atoms with Gasteiger partial charge in [0, 0.05) is 10.5 Å². The Bertz CT molecular complexity index is 1290. The van der Waals surface area contributed by atoms with Gasteiger partial charge in [-0.1, -0.05) is 65.6 Å². The third kappa shape index (κ3) is 5.38. The number of nitrogens with zero attached hydrogens (tertiary/aromatic N) is 2. The fourth-order valence-electron chi connectivity index (χ4n) is 2.89. The number of benzene rings is 3. The zero-order chi connectivity index (χ0) is 21.7. The quantitative estimate of drug-likeness (QED) is 0.415. The Labute approximate surface area is 188 Å². The summed E-state index contributed by atoms with van der Waals surface area (Å²) in [7, 11) is -3.50. The van der Waals surface area contributed by atoms with Gasteiger partial charge in [-0.25, -0.2) is 8.42 Å². The minimum absolute atomic E-state index is 0.179. The average Bonchev–Trinajstić information content (AvgIpc) is 3.29. The van der Waals surface area contributed by atoms with E-state index in [4.69, 9.17) is 0 Å². The molecule has 4 rings (SSSR count). The van der Waals surface area contributed by atoms with E-state index in [0.29, 0.717) is 16.8 Å². The fraction of sp³-hybridized carbons (Fsp3) is 0.0455. The van der Waals surface area contributed by atoms with Gasteiger partial charge in [-0.3, -0.25) is 4.79 Å². The van der Waals surface area contributed by atoms with Crippen LogP contribution in [-0.4, -0.2) is 24.5 Å². The van der Waals surface area contributed by atoms with Crippen molar-refractivity contribution in [1.82, 2.24) is 10.2 Å². The van der Waals surface area contributed by atoms with Crippen LogP contribution in [0.3, 0.4) is 0 Å². The maximum atomic E-state index is 12.9. The molecule has 31 heavy (non-hydrogen) atoms. The molecule has 0 bridgehead atoms. The molecule has 0 aliphatic rings. The number of anilines is 1. The Kier molecular flexibility index (Phi) is 6.45. The van der Waals surface area contributed by atoms with E-state index in [1.165, 1.54) is 23.1 Å². The molecule has 0 radical (unpaired) electrons. The van der Waals surface area contributed by atoms with Crippen LogP contribution in [0, 0.1) is 0 Å². The Morgan fingerprint density at radius 1 is 0.968 bits per heavy atom. The van der Waals surface area contributed by atoms with Crippen LogP contribution >= 0.6 is 23.1 Å². The van der Waals surface area contributed by atoms with Crippen LogP contribution in [0.2, 0.25) is 0 Å². The summed E-state index contributed by atoms with van der Waals surface area (Å²) in [5.74, 6) is -0.494. The molecular weight excluding hydrogens is 450 g/mol. The molecule has 0 saturated carbocycles. The van der Waals surface area contributed by atoms with E-state index < -0.39 is 9.84 Å². The first-order valence-electron chi connectivity index (χ1n) is 9.22. The van der Waals surface area contributed by atoms with Crippen LogP contribution in [-0.2, 0) is 15.6 Å². The number of rotatable bonds is 7. The summed E-state index contributed by atoms with van der Waals surface area (Å²) < 4.78 is 26.1. The van der Waals surface area contributed by atoms with Gasteiger partial charge >= 0.3 is 0 Å². The number of aromatic nitrogens is 2. The largest absolute Gasteiger partial charge is 0.321 e. The van der Waals surface area contributed by atoms with Gasteiger partial charge in [0.1, 0.15) is 5.51 Å². The van der Waals surface area contributed by atoms with Crippen LogP contribution in [0.25, 0.3) is 0 Å². The maximum Gasteiger partial charge on any atom is 0.255 e. The minimum Gasteiger partial charge on any atom is -0.321 e. The highest BCUT2D eigenvalue weighted by atomic mass is 32.2. The van der Waals surface area contributed by atoms with Crippen LogP contribution in [0.15, 0.2) is 98.5 Å². The second-order valence-corrected chi connectivity index (χ2v) is 10.6. The first-order chi connectivity index (χ1) is 15.0. The van der Waals surface area contributed by atoms with Crippen LogP contribution in [0.5, 0.6) is 0 Å². The molecule has 0 fully saturated rings. The van der Waals surface area contributed by atoms with Crippen molar-refractivity contribution in [3.8, 4) is 0 Å². The van der Waals surface area contributed by atoms with Gasteiger partial charge in [0.2, 0.25) is 0 Å². The van der Waals surface area contributed by atoms with E-state index in [2.05, 4.69) is 15.5 Å². The van der Waals surface area contributed by atoms with Crippen LogP contribution < -0.4 is 5.32 Å². The SMILES string of the molecule is O=C(Nc1ccccc1Sc1nncs1)c1cccc(CS(=O)(=O)c2ccccc2)c1. The average molecular weight is 468 g/mol. The monoisotopic (exact) mass is 467 g/mol. The summed E-state index contributed by atoms with van der Waals surface area (Å²) in [5, 5.41) is 10.8. The molecule has 3 aromatic carbocycles. The van der Waals surface area contributed by atoms with E-state index in [1.807, 2.05) is 24.3 Å². The van der Waals surface area contributed by atoms with E-state index in [0.717, 1.165) is 9.24 Å². The van der Waals surface area contributed by atoms with E-state index >= 15 is 0 Å². The van der Waals surface area contributed by atoms with Crippen molar-refractivity contribution in [2.75, 3.05) is 5.32 Å². The van der Waals surface area contributed by atoms with E-state index in [1.54, 1.807) is 60.1 Å². The summed E-state index contributed by atoms with van der Waals surface area (Å²) in [6.07, 6.45) is 0. The number of nitrogens with one attached hydrogen (secondary N) is 1. The smallest absolute Gasteiger partial charge is 0.255 e. The minimum atomic E-state index is -3.50. The Morgan fingerprint density at radius 2 is 1.74 bits per heavy atom. The number of hydrogen-bond acceptors (Lipinski definition) is 7. The molecule has 156 valence electrons. The second-order valence-electron chi connectivity index (χ2n) is 6.53. The zero-order valence-electron chi connectivity index (χ0n) is 16.1. The number of para-hydroxylation sites is 1. The maximum absolute atomic E-state index is 12.9. The molecule has 0 atom stereocenters. The van der Waals surface area contributed by atoms with Crippen molar-refractivity contribution >= 4 is 44.5 Å². The van der Waals surface area contributed by atoms with Gasteiger partial charge in [-0.05, 0) is 42.0 Å². The molecular formula is C22H17N3O3S3. The summed E-state index contributed by atoms with van der Waals surface area (Å²) in [6, 6.07) is 22.4. The molecule has 0 aliphatic heterocycles. The van der Waals surface area contributed by atoms with Crippen molar-refractivity contribution in [1.29, 1.82) is 0 Å². The molecule has 1 aromatic heterocycles. The lowest BCUT2D eigenvalue weighted by atomic mass is 10.1. The zero-order valence-corrected chi connectivity index (χ0v) is 18.6. The lowest BCUT2D eigenvalue weighted by Crippen LogP contribution is -2.13. The van der Waals surface area contributed by atoms with Gasteiger partial charge < -0.3 is 5.32 Å². The number of carbonyl (C=O) groups is 1. The van der Waals surface area contributed by atoms with E-state index in [-0.39, 0.29) is 16.6 Å². The fourth-order valence-corrected chi connectivity index (χ4v) is 5.77.